The summed E-state index contributed by atoms with van der Waals surface area (Å²) < 4.78 is 12.4. The monoisotopic (exact) mass is 438 g/mol. The minimum Gasteiger partial charge on any atom is -0.386 e. The Morgan fingerprint density at radius 3 is 2.68 bits per heavy atom. The molecule has 0 aromatic carbocycles. The van der Waals surface area contributed by atoms with Gasteiger partial charge in [0.15, 0.2) is 0 Å². The Bertz CT molecular complexity index is 1090. The van der Waals surface area contributed by atoms with Crippen LogP contribution in [0, 0.1) is 6.92 Å². The quantitative estimate of drug-likeness (QED) is 0.717. The van der Waals surface area contributed by atoms with Gasteiger partial charge in [0.2, 0.25) is 0 Å². The standard InChI is InChI=1S/C19H23ClN4O2S2/c1-11-7-6-8-14(22-11)23-16(25)13-9-12(20)15(27-13)19(4)10-28(5,26)18(2,3)17(21)24-19/h6-9H,5,10H2,1-4H3,(H2,21,24)(H,22,23,25)/t19-,28?/m0/s1. The number of pyridine rings is 1. The maximum absolute atomic E-state index is 13.2. The SMILES string of the molecule is C=S1(=O)C[C@@](C)(c2sc(C(=O)Nc3cccc(C)n3)cc2Cl)N=C(N)C1(C)C. The molecule has 150 valence electrons. The number of carbonyl (C=O) groups is 1. The second kappa shape index (κ2) is 6.86. The van der Waals surface area contributed by atoms with Crippen molar-refractivity contribution in [3.8, 4) is 0 Å². The lowest BCUT2D eigenvalue weighted by molar-refractivity contribution is 0.103. The summed E-state index contributed by atoms with van der Waals surface area (Å²) in [5.41, 5.74) is 6.04. The van der Waals surface area contributed by atoms with Crippen LogP contribution in [0.15, 0.2) is 29.3 Å². The van der Waals surface area contributed by atoms with Gasteiger partial charge in [-0.25, -0.2) is 4.98 Å². The molecule has 2 aromatic heterocycles. The van der Waals surface area contributed by atoms with Gasteiger partial charge in [0.25, 0.3) is 5.91 Å². The molecule has 28 heavy (non-hydrogen) atoms. The van der Waals surface area contributed by atoms with Crippen molar-refractivity contribution in [3.63, 3.8) is 0 Å². The van der Waals surface area contributed by atoms with Gasteiger partial charge in [-0.15, -0.1) is 11.3 Å². The number of aliphatic imine (C=N–C) groups is 1. The molecular weight excluding hydrogens is 416 g/mol. The van der Waals surface area contributed by atoms with Crippen LogP contribution in [0.1, 0.15) is 41.0 Å². The van der Waals surface area contributed by atoms with E-state index < -0.39 is 19.8 Å². The highest BCUT2D eigenvalue weighted by Crippen LogP contribution is 2.43. The normalized spacial score (nSPS) is 26.5. The van der Waals surface area contributed by atoms with Crippen molar-refractivity contribution in [1.29, 1.82) is 0 Å². The lowest BCUT2D eigenvalue weighted by atomic mass is 10.0. The summed E-state index contributed by atoms with van der Waals surface area (Å²) in [6.45, 7) is 7.23. The highest BCUT2D eigenvalue weighted by Gasteiger charge is 2.46. The Balaban J connectivity index is 1.96. The van der Waals surface area contributed by atoms with E-state index in [1.165, 1.54) is 11.3 Å². The van der Waals surface area contributed by atoms with E-state index in [2.05, 4.69) is 21.2 Å². The van der Waals surface area contributed by atoms with Gasteiger partial charge in [-0.2, -0.15) is 0 Å². The van der Waals surface area contributed by atoms with Crippen LogP contribution in [0.25, 0.3) is 0 Å². The number of thiophene rings is 1. The minimum atomic E-state index is -2.57. The Labute approximate surface area is 174 Å². The zero-order valence-corrected chi connectivity index (χ0v) is 18.6. The summed E-state index contributed by atoms with van der Waals surface area (Å²) in [7, 11) is -2.57. The predicted octanol–water partition coefficient (Wildman–Crippen LogP) is 3.44. The first-order valence-electron chi connectivity index (χ1n) is 8.61. The van der Waals surface area contributed by atoms with Crippen molar-refractivity contribution < 1.29 is 9.00 Å². The van der Waals surface area contributed by atoms with Gasteiger partial charge >= 0.3 is 0 Å². The van der Waals surface area contributed by atoms with Crippen LogP contribution < -0.4 is 11.1 Å². The largest absolute Gasteiger partial charge is 0.386 e. The molecule has 0 fully saturated rings. The number of carbonyl (C=O) groups excluding carboxylic acids is 1. The number of anilines is 1. The summed E-state index contributed by atoms with van der Waals surface area (Å²) >= 11 is 7.66. The van der Waals surface area contributed by atoms with Crippen LogP contribution in [0.2, 0.25) is 5.02 Å². The van der Waals surface area contributed by atoms with Crippen LogP contribution in [-0.2, 0) is 15.1 Å². The second-order valence-corrected chi connectivity index (χ2v) is 12.0. The van der Waals surface area contributed by atoms with Crippen molar-refractivity contribution in [2.45, 2.75) is 38.0 Å². The average molecular weight is 439 g/mol. The Morgan fingerprint density at radius 2 is 2.07 bits per heavy atom. The molecule has 0 spiro atoms. The molecule has 1 amide bonds. The third kappa shape index (κ3) is 3.56. The molecule has 0 bridgehead atoms. The van der Waals surface area contributed by atoms with Crippen molar-refractivity contribution in [1.82, 2.24) is 4.98 Å². The van der Waals surface area contributed by atoms with Gasteiger partial charge < -0.3 is 11.1 Å². The average Bonchev–Trinajstić information content (AvgIpc) is 2.96. The molecule has 6 nitrogen and oxygen atoms in total. The summed E-state index contributed by atoms with van der Waals surface area (Å²) in [5, 5.41) is 3.16. The summed E-state index contributed by atoms with van der Waals surface area (Å²) in [4.78, 5) is 22.6. The maximum Gasteiger partial charge on any atom is 0.266 e. The Hall–Kier alpha value is -1.90. The number of amides is 1. The van der Waals surface area contributed by atoms with Crippen molar-refractivity contribution in [2.75, 3.05) is 11.1 Å². The van der Waals surface area contributed by atoms with E-state index in [0.29, 0.717) is 20.6 Å². The lowest BCUT2D eigenvalue weighted by Crippen LogP contribution is -2.54. The molecule has 1 aliphatic rings. The molecule has 3 rings (SSSR count). The van der Waals surface area contributed by atoms with E-state index in [0.717, 1.165) is 5.69 Å². The van der Waals surface area contributed by atoms with Crippen molar-refractivity contribution in [2.24, 2.45) is 10.7 Å². The van der Waals surface area contributed by atoms with Crippen LogP contribution in [0.3, 0.4) is 0 Å². The van der Waals surface area contributed by atoms with Gasteiger partial charge in [-0.1, -0.05) is 17.7 Å². The molecule has 0 aliphatic carbocycles. The fraction of sp³-hybridized carbons (Fsp3) is 0.368. The van der Waals surface area contributed by atoms with Crippen LogP contribution in [0.4, 0.5) is 5.82 Å². The van der Waals surface area contributed by atoms with Crippen LogP contribution in [-0.4, -0.2) is 37.3 Å². The number of hydrogen-bond donors (Lipinski definition) is 2. The molecule has 0 saturated heterocycles. The van der Waals surface area contributed by atoms with E-state index in [4.69, 9.17) is 17.3 Å². The molecule has 3 N–H and O–H groups in total. The summed E-state index contributed by atoms with van der Waals surface area (Å²) in [6.07, 6.45) is 0. The number of rotatable bonds is 3. The smallest absolute Gasteiger partial charge is 0.266 e. The highest BCUT2D eigenvalue weighted by molar-refractivity contribution is 8.02. The highest BCUT2D eigenvalue weighted by atomic mass is 35.5. The zero-order valence-electron chi connectivity index (χ0n) is 16.2. The van der Waals surface area contributed by atoms with E-state index in [1.807, 2.05) is 26.0 Å². The first kappa shape index (κ1) is 20.8. The van der Waals surface area contributed by atoms with E-state index in [-0.39, 0.29) is 17.5 Å². The molecular formula is C19H23ClN4O2S2. The third-order valence-electron chi connectivity index (χ3n) is 4.96. The number of nitrogens with two attached hydrogens (primary N) is 1. The fourth-order valence-corrected chi connectivity index (χ4v) is 6.54. The van der Waals surface area contributed by atoms with Gasteiger partial charge in [0.05, 0.1) is 19.5 Å². The molecule has 2 atom stereocenters. The van der Waals surface area contributed by atoms with Gasteiger partial charge in [-0.05, 0) is 61.3 Å². The number of aryl methyl sites for hydroxylation is 1. The number of halogens is 1. The predicted molar refractivity (Wildman–Crippen MR) is 119 cm³/mol. The molecule has 3 heterocycles. The van der Waals surface area contributed by atoms with Crippen LogP contribution in [0.5, 0.6) is 0 Å². The molecule has 2 aromatic rings. The molecule has 9 heteroatoms. The van der Waals surface area contributed by atoms with Crippen LogP contribution >= 0.6 is 22.9 Å². The minimum absolute atomic E-state index is 0.203. The van der Waals surface area contributed by atoms with Crippen molar-refractivity contribution in [3.05, 3.63) is 44.7 Å². The fourth-order valence-electron chi connectivity index (χ4n) is 3.01. The Kier molecular flexibility index (Phi) is 5.10. The number of nitrogens with one attached hydrogen (secondary N) is 1. The topological polar surface area (TPSA) is 97.4 Å². The third-order valence-corrected chi connectivity index (χ3v) is 9.85. The number of amidine groups is 1. The molecule has 0 saturated carbocycles. The molecule has 1 aliphatic heterocycles. The second-order valence-electron chi connectivity index (χ2n) is 7.64. The lowest BCUT2D eigenvalue weighted by Gasteiger charge is -2.40. The van der Waals surface area contributed by atoms with Gasteiger partial charge in [0.1, 0.15) is 17.2 Å². The number of aromatic nitrogens is 1. The molecule has 0 radical (unpaired) electrons. The van der Waals surface area contributed by atoms with E-state index in [1.54, 1.807) is 26.0 Å². The number of nitrogens with zero attached hydrogens (tertiary/aromatic N) is 2. The zero-order chi connectivity index (χ0) is 20.9. The molecule has 1 unspecified atom stereocenters. The Morgan fingerprint density at radius 1 is 1.39 bits per heavy atom. The van der Waals surface area contributed by atoms with Gasteiger partial charge in [-0.3, -0.25) is 14.0 Å². The van der Waals surface area contributed by atoms with E-state index >= 15 is 0 Å². The van der Waals surface area contributed by atoms with Gasteiger partial charge in [0, 0.05) is 11.4 Å². The first-order chi connectivity index (χ1) is 12.9. The summed E-state index contributed by atoms with van der Waals surface area (Å²) in [6, 6.07) is 6.97. The maximum atomic E-state index is 13.2. The number of hydrogen-bond acceptors (Lipinski definition) is 6. The van der Waals surface area contributed by atoms with E-state index in [9.17, 15) is 9.00 Å². The van der Waals surface area contributed by atoms with Crippen molar-refractivity contribution >= 4 is 55.9 Å². The first-order valence-corrected chi connectivity index (χ1v) is 11.7. The summed E-state index contributed by atoms with van der Waals surface area (Å²) in [5.74, 6) is 4.56.